The van der Waals surface area contributed by atoms with Crippen LogP contribution >= 0.6 is 0 Å². The second kappa shape index (κ2) is 7.26. The lowest BCUT2D eigenvalue weighted by Crippen LogP contribution is -2.26. The summed E-state index contributed by atoms with van der Waals surface area (Å²) in [5.41, 5.74) is 2.08. The average molecular weight is 386 g/mol. The summed E-state index contributed by atoms with van der Waals surface area (Å²) in [4.78, 5) is 14.2. The first-order valence-corrected chi connectivity index (χ1v) is 9.48. The molecule has 1 aromatic heterocycles. The topological polar surface area (TPSA) is 103 Å². The molecule has 3 aromatic rings. The van der Waals surface area contributed by atoms with E-state index in [1.807, 2.05) is 31.2 Å². The van der Waals surface area contributed by atoms with Crippen molar-refractivity contribution in [3.05, 3.63) is 72.0 Å². The third-order valence-electron chi connectivity index (χ3n) is 3.96. The Hall–Kier alpha value is -3.10. The van der Waals surface area contributed by atoms with Crippen molar-refractivity contribution in [1.82, 2.24) is 0 Å². The van der Waals surface area contributed by atoms with Gasteiger partial charge in [0.25, 0.3) is 5.91 Å². The Bertz CT molecular complexity index is 1090. The van der Waals surface area contributed by atoms with E-state index >= 15 is 0 Å². The number of nitrogens with zero attached hydrogens (tertiary/aromatic N) is 1. The minimum absolute atomic E-state index is 0.0145. The number of carbonyl (C=O) groups is 1. The smallest absolute Gasteiger partial charge is 0.380 e. The van der Waals surface area contributed by atoms with Crippen LogP contribution in [0.4, 0.5) is 5.69 Å². The lowest BCUT2D eigenvalue weighted by Gasteiger charge is -2.18. The van der Waals surface area contributed by atoms with E-state index in [0.717, 1.165) is 11.3 Å². The van der Waals surface area contributed by atoms with Gasteiger partial charge in [-0.15, -0.1) is 0 Å². The van der Waals surface area contributed by atoms with Crippen LogP contribution in [0.1, 0.15) is 16.1 Å². The van der Waals surface area contributed by atoms with Crippen LogP contribution in [0.25, 0.3) is 11.3 Å². The minimum atomic E-state index is -4.19. The number of nitrogens with two attached hydrogens (primary N) is 1. The van der Waals surface area contributed by atoms with Gasteiger partial charge in [-0.2, -0.15) is 13.6 Å². The van der Waals surface area contributed by atoms with Crippen molar-refractivity contribution in [3.8, 4) is 17.1 Å². The van der Waals surface area contributed by atoms with E-state index in [2.05, 4.69) is 0 Å². The number of benzene rings is 2. The van der Waals surface area contributed by atoms with Crippen LogP contribution < -0.4 is 14.2 Å². The number of carbonyl (C=O) groups excluding carboxylic acids is 1. The Balaban J connectivity index is 1.92. The molecule has 0 radical (unpaired) electrons. The molecule has 0 bridgehead atoms. The Kier molecular flexibility index (Phi) is 5.02. The Morgan fingerprint density at radius 3 is 2.41 bits per heavy atom. The van der Waals surface area contributed by atoms with Gasteiger partial charge in [-0.1, -0.05) is 30.3 Å². The first-order valence-electron chi connectivity index (χ1n) is 8.01. The maximum absolute atomic E-state index is 12.7. The van der Waals surface area contributed by atoms with Crippen LogP contribution in [0.15, 0.2) is 65.1 Å². The number of anilines is 1. The highest BCUT2D eigenvalue weighted by Crippen LogP contribution is 2.32. The lowest BCUT2D eigenvalue weighted by molar-refractivity contribution is 0.0967. The number of hydrogen-bond donors (Lipinski definition) is 1. The van der Waals surface area contributed by atoms with Gasteiger partial charge in [0.2, 0.25) is 0 Å². The summed E-state index contributed by atoms with van der Waals surface area (Å²) < 4.78 is 32.9. The van der Waals surface area contributed by atoms with Gasteiger partial charge >= 0.3 is 10.3 Å². The molecule has 140 valence electrons. The van der Waals surface area contributed by atoms with E-state index in [4.69, 9.17) is 13.7 Å². The van der Waals surface area contributed by atoms with Crippen molar-refractivity contribution in [2.24, 2.45) is 5.14 Å². The van der Waals surface area contributed by atoms with Gasteiger partial charge in [-0.05, 0) is 42.8 Å². The normalized spacial score (nSPS) is 11.2. The van der Waals surface area contributed by atoms with Crippen LogP contribution in [0.5, 0.6) is 5.75 Å². The maximum atomic E-state index is 12.7. The van der Waals surface area contributed by atoms with Gasteiger partial charge in [0.05, 0.1) is 5.56 Å². The molecule has 0 aliphatic heterocycles. The molecule has 1 heterocycles. The fourth-order valence-corrected chi connectivity index (χ4v) is 3.08. The van der Waals surface area contributed by atoms with E-state index in [1.165, 1.54) is 17.0 Å². The monoisotopic (exact) mass is 386 g/mol. The molecule has 2 aromatic carbocycles. The van der Waals surface area contributed by atoms with Gasteiger partial charge in [-0.25, -0.2) is 0 Å². The highest BCUT2D eigenvalue weighted by molar-refractivity contribution is 7.84. The van der Waals surface area contributed by atoms with E-state index < -0.39 is 10.3 Å². The third kappa shape index (κ3) is 4.18. The summed E-state index contributed by atoms with van der Waals surface area (Å²) in [6.45, 7) is 1.91. The number of amides is 1. The molecule has 0 aliphatic carbocycles. The molecule has 0 fully saturated rings. The van der Waals surface area contributed by atoms with Crippen LogP contribution in [0.2, 0.25) is 0 Å². The Morgan fingerprint density at radius 2 is 1.70 bits per heavy atom. The number of furan rings is 1. The molecule has 27 heavy (non-hydrogen) atoms. The molecule has 7 nitrogen and oxygen atoms in total. The van der Waals surface area contributed by atoms with Crippen molar-refractivity contribution in [2.75, 3.05) is 11.9 Å². The van der Waals surface area contributed by atoms with E-state index in [0.29, 0.717) is 5.56 Å². The van der Waals surface area contributed by atoms with Gasteiger partial charge in [0.1, 0.15) is 5.76 Å². The van der Waals surface area contributed by atoms with Crippen molar-refractivity contribution >= 4 is 21.9 Å². The number of rotatable bonds is 5. The van der Waals surface area contributed by atoms with Crippen molar-refractivity contribution < 1.29 is 21.8 Å². The third-order valence-corrected chi connectivity index (χ3v) is 4.37. The molecule has 0 unspecified atom stereocenters. The van der Waals surface area contributed by atoms with Crippen molar-refractivity contribution in [2.45, 2.75) is 6.92 Å². The van der Waals surface area contributed by atoms with Crippen LogP contribution in [-0.4, -0.2) is 21.4 Å². The summed E-state index contributed by atoms with van der Waals surface area (Å²) in [6, 6.07) is 16.9. The number of aryl methyl sites for hydroxylation is 1. The van der Waals surface area contributed by atoms with Crippen molar-refractivity contribution in [3.63, 3.8) is 0 Å². The quantitative estimate of drug-likeness (QED) is 0.726. The molecule has 0 spiro atoms. The molecule has 0 atom stereocenters. The first-order chi connectivity index (χ1) is 12.8. The molecule has 2 N–H and O–H groups in total. The molecular formula is C19H18N2O5S. The number of para-hydroxylation sites is 2. The Labute approximate surface area is 157 Å². The molecular weight excluding hydrogens is 368 g/mol. The second-order valence-corrected chi connectivity index (χ2v) is 7.04. The highest BCUT2D eigenvalue weighted by atomic mass is 32.2. The standard InChI is InChI=1S/C19H18N2O5S/c1-13-7-3-5-9-15(13)21(2)19(22)18-12-11-16(25-18)14-8-4-6-10-17(14)26-27(20,23)24/h3-12H,1-2H3,(H2,20,23,24). The SMILES string of the molecule is Cc1ccccc1N(C)C(=O)c1ccc(-c2ccccc2OS(N)(=O)=O)o1. The number of hydrogen-bond acceptors (Lipinski definition) is 5. The molecule has 3 rings (SSSR count). The van der Waals surface area contributed by atoms with E-state index in [1.54, 1.807) is 31.3 Å². The average Bonchev–Trinajstić information content (AvgIpc) is 3.10. The molecule has 0 aliphatic rings. The summed E-state index contributed by atoms with van der Waals surface area (Å²) in [5, 5.41) is 4.94. The highest BCUT2D eigenvalue weighted by Gasteiger charge is 2.20. The van der Waals surface area contributed by atoms with Gasteiger partial charge in [-0.3, -0.25) is 4.79 Å². The molecule has 1 amide bonds. The predicted molar refractivity (Wildman–Crippen MR) is 102 cm³/mol. The summed E-state index contributed by atoms with van der Waals surface area (Å²) >= 11 is 0. The minimum Gasteiger partial charge on any atom is -0.451 e. The zero-order chi connectivity index (χ0) is 19.6. The largest absolute Gasteiger partial charge is 0.451 e. The fraction of sp³-hybridized carbons (Fsp3) is 0.105. The van der Waals surface area contributed by atoms with Crippen molar-refractivity contribution in [1.29, 1.82) is 0 Å². The van der Waals surface area contributed by atoms with Crippen LogP contribution in [0.3, 0.4) is 0 Å². The molecule has 0 saturated heterocycles. The van der Waals surface area contributed by atoms with Gasteiger partial charge < -0.3 is 13.5 Å². The lowest BCUT2D eigenvalue weighted by atomic mass is 10.1. The fourth-order valence-electron chi connectivity index (χ4n) is 2.68. The molecule has 0 saturated carbocycles. The maximum Gasteiger partial charge on any atom is 0.380 e. The summed E-state index contributed by atoms with van der Waals surface area (Å²) in [5.74, 6) is 0.0814. The van der Waals surface area contributed by atoms with E-state index in [-0.39, 0.29) is 23.2 Å². The van der Waals surface area contributed by atoms with Gasteiger partial charge in [0.15, 0.2) is 11.5 Å². The van der Waals surface area contributed by atoms with Crippen LogP contribution in [0, 0.1) is 6.92 Å². The first kappa shape index (κ1) is 18.7. The predicted octanol–water partition coefficient (Wildman–Crippen LogP) is 3.11. The summed E-state index contributed by atoms with van der Waals surface area (Å²) in [6.07, 6.45) is 0. The second-order valence-electron chi connectivity index (χ2n) is 5.89. The van der Waals surface area contributed by atoms with Gasteiger partial charge in [0, 0.05) is 12.7 Å². The van der Waals surface area contributed by atoms with E-state index in [9.17, 15) is 13.2 Å². The molecule has 8 heteroatoms. The van der Waals surface area contributed by atoms with Crippen LogP contribution in [-0.2, 0) is 10.3 Å². The Morgan fingerprint density at radius 1 is 1.04 bits per heavy atom. The zero-order valence-corrected chi connectivity index (χ0v) is 15.6. The zero-order valence-electron chi connectivity index (χ0n) is 14.7. The summed E-state index contributed by atoms with van der Waals surface area (Å²) in [7, 11) is -2.53.